The van der Waals surface area contributed by atoms with Crippen molar-refractivity contribution < 1.29 is 29.4 Å². The fourth-order valence-corrected chi connectivity index (χ4v) is 1.90. The van der Waals surface area contributed by atoms with Gasteiger partial charge in [0, 0.05) is 6.42 Å². The summed E-state index contributed by atoms with van der Waals surface area (Å²) in [6, 6.07) is 5.49. The van der Waals surface area contributed by atoms with Gasteiger partial charge in [0.15, 0.2) is 0 Å². The fourth-order valence-electron chi connectivity index (χ4n) is 1.90. The summed E-state index contributed by atoms with van der Waals surface area (Å²) in [7, 11) is 0. The van der Waals surface area contributed by atoms with E-state index >= 15 is 0 Å². The number of carboxylic acids is 1. The lowest BCUT2D eigenvalue weighted by Crippen LogP contribution is -2.44. The molecule has 0 aromatic heterocycles. The predicted molar refractivity (Wildman–Crippen MR) is 84.6 cm³/mol. The van der Waals surface area contributed by atoms with Crippen LogP contribution >= 0.6 is 0 Å². The summed E-state index contributed by atoms with van der Waals surface area (Å²) in [4.78, 5) is 34.1. The maximum Gasteiger partial charge on any atom is 0.408 e. The average molecular weight is 338 g/mol. The summed E-state index contributed by atoms with van der Waals surface area (Å²) >= 11 is 0. The third-order valence-electron chi connectivity index (χ3n) is 2.94. The molecule has 1 rings (SSSR count). The molecule has 8 nitrogen and oxygen atoms in total. The highest BCUT2D eigenvalue weighted by molar-refractivity contribution is 5.80. The van der Waals surface area contributed by atoms with Crippen LogP contribution in [-0.4, -0.2) is 39.9 Å². The first-order valence-electron chi connectivity index (χ1n) is 7.34. The van der Waals surface area contributed by atoms with Gasteiger partial charge in [0.25, 0.3) is 0 Å². The monoisotopic (exact) mass is 338 g/mol. The summed E-state index contributed by atoms with van der Waals surface area (Å²) in [5.74, 6) is -1.72. The molecule has 0 aliphatic rings. The van der Waals surface area contributed by atoms with Gasteiger partial charge in [-0.25, -0.2) is 15.1 Å². The summed E-state index contributed by atoms with van der Waals surface area (Å²) < 4.78 is 5.05. The number of amides is 2. The lowest BCUT2D eigenvalue weighted by molar-refractivity contribution is -0.139. The number of nitrogens with one attached hydrogen (secondary N) is 2. The largest absolute Gasteiger partial charge is 0.480 e. The van der Waals surface area contributed by atoms with Crippen molar-refractivity contribution in [2.75, 3.05) is 0 Å². The maximum absolute atomic E-state index is 11.7. The molecular weight excluding hydrogens is 316 g/mol. The number of rotatable bonds is 6. The fraction of sp³-hybridized carbons (Fsp3) is 0.438. The molecule has 0 aliphatic heterocycles. The molecule has 24 heavy (non-hydrogen) atoms. The smallest absolute Gasteiger partial charge is 0.408 e. The van der Waals surface area contributed by atoms with Gasteiger partial charge >= 0.3 is 12.1 Å². The van der Waals surface area contributed by atoms with Crippen molar-refractivity contribution in [1.29, 1.82) is 0 Å². The van der Waals surface area contributed by atoms with Crippen LogP contribution in [0.3, 0.4) is 0 Å². The molecule has 0 fully saturated rings. The first-order chi connectivity index (χ1) is 11.1. The standard InChI is InChI=1S/C16H22N2O6/c1-16(2,3)24-15(22)17-12(14(20)21)8-10-4-6-11(7-5-10)9-13(19)18-23/h4-7,12,23H,8-9H2,1-3H3,(H,17,22)(H,18,19)(H,20,21). The lowest BCUT2D eigenvalue weighted by Gasteiger charge is -2.22. The van der Waals surface area contributed by atoms with Crippen molar-refractivity contribution >= 4 is 18.0 Å². The second-order valence-corrected chi connectivity index (χ2v) is 6.27. The highest BCUT2D eigenvalue weighted by Gasteiger charge is 2.24. The Labute approximate surface area is 139 Å². The summed E-state index contributed by atoms with van der Waals surface area (Å²) in [6.45, 7) is 5.05. The molecular formula is C16H22N2O6. The van der Waals surface area contributed by atoms with E-state index in [1.165, 1.54) is 5.48 Å². The number of ether oxygens (including phenoxy) is 1. The van der Waals surface area contributed by atoms with Gasteiger partial charge in [-0.15, -0.1) is 0 Å². The van der Waals surface area contributed by atoms with E-state index in [0.29, 0.717) is 11.1 Å². The second-order valence-electron chi connectivity index (χ2n) is 6.27. The Hall–Kier alpha value is -2.61. The van der Waals surface area contributed by atoms with Crippen LogP contribution in [0.5, 0.6) is 0 Å². The number of hydrogen-bond donors (Lipinski definition) is 4. The molecule has 4 N–H and O–H groups in total. The predicted octanol–water partition coefficient (Wildman–Crippen LogP) is 1.25. The number of aliphatic carboxylic acids is 1. The summed E-state index contributed by atoms with van der Waals surface area (Å²) in [6.07, 6.45) is -0.720. The molecule has 0 aliphatic carbocycles. The summed E-state index contributed by atoms with van der Waals surface area (Å²) in [5, 5.41) is 20.0. The van der Waals surface area contributed by atoms with Gasteiger partial charge in [0.2, 0.25) is 5.91 Å². The molecule has 0 spiro atoms. The van der Waals surface area contributed by atoms with Crippen LogP contribution in [0.4, 0.5) is 4.79 Å². The first kappa shape index (κ1) is 19.4. The number of hydrogen-bond acceptors (Lipinski definition) is 5. The van der Waals surface area contributed by atoms with Crippen LogP contribution in [0.1, 0.15) is 31.9 Å². The van der Waals surface area contributed by atoms with E-state index in [-0.39, 0.29) is 12.8 Å². The van der Waals surface area contributed by atoms with E-state index in [4.69, 9.17) is 9.94 Å². The topological polar surface area (TPSA) is 125 Å². The Balaban J connectivity index is 2.70. The molecule has 0 bridgehead atoms. The molecule has 132 valence electrons. The third-order valence-corrected chi connectivity index (χ3v) is 2.94. The first-order valence-corrected chi connectivity index (χ1v) is 7.34. The number of alkyl carbamates (subject to hydrolysis) is 1. The van der Waals surface area contributed by atoms with Gasteiger partial charge in [-0.05, 0) is 31.9 Å². The molecule has 1 atom stereocenters. The van der Waals surface area contributed by atoms with Gasteiger partial charge in [0.1, 0.15) is 11.6 Å². The SMILES string of the molecule is CC(C)(C)OC(=O)NC(Cc1ccc(CC(=O)NO)cc1)C(=O)O. The Bertz CT molecular complexity index is 592. The molecule has 0 radical (unpaired) electrons. The van der Waals surface area contributed by atoms with Gasteiger partial charge in [-0.3, -0.25) is 10.0 Å². The molecule has 0 saturated carbocycles. The third kappa shape index (κ3) is 7.10. The highest BCUT2D eigenvalue weighted by Crippen LogP contribution is 2.10. The van der Waals surface area contributed by atoms with Gasteiger partial charge < -0.3 is 15.2 Å². The molecule has 1 aromatic carbocycles. The van der Waals surface area contributed by atoms with E-state index in [0.717, 1.165) is 0 Å². The molecule has 2 amide bonds. The minimum atomic E-state index is -1.18. The van der Waals surface area contributed by atoms with Gasteiger partial charge in [-0.1, -0.05) is 24.3 Å². The molecule has 8 heteroatoms. The number of carbonyl (C=O) groups excluding carboxylic acids is 2. The van der Waals surface area contributed by atoms with Crippen molar-refractivity contribution in [3.05, 3.63) is 35.4 Å². The van der Waals surface area contributed by atoms with Crippen LogP contribution in [0.25, 0.3) is 0 Å². The van der Waals surface area contributed by atoms with Crippen LogP contribution in [0.2, 0.25) is 0 Å². The zero-order chi connectivity index (χ0) is 18.3. The zero-order valence-electron chi connectivity index (χ0n) is 13.8. The van der Waals surface area contributed by atoms with Crippen molar-refractivity contribution in [2.45, 2.75) is 45.3 Å². The minimum Gasteiger partial charge on any atom is -0.480 e. The van der Waals surface area contributed by atoms with E-state index in [2.05, 4.69) is 5.32 Å². The summed E-state index contributed by atoms with van der Waals surface area (Å²) in [5.41, 5.74) is 2.15. The van der Waals surface area contributed by atoms with Crippen LogP contribution in [-0.2, 0) is 27.2 Å². The molecule has 1 aromatic rings. The highest BCUT2D eigenvalue weighted by atomic mass is 16.6. The number of carbonyl (C=O) groups is 3. The van der Waals surface area contributed by atoms with E-state index in [1.54, 1.807) is 45.0 Å². The van der Waals surface area contributed by atoms with Crippen LogP contribution in [0.15, 0.2) is 24.3 Å². The Morgan fingerprint density at radius 1 is 1.12 bits per heavy atom. The molecule has 0 saturated heterocycles. The van der Waals surface area contributed by atoms with Crippen LogP contribution in [0, 0.1) is 0 Å². The quantitative estimate of drug-likeness (QED) is 0.457. The van der Waals surface area contributed by atoms with Crippen molar-refractivity contribution in [1.82, 2.24) is 10.8 Å². The Kier molecular flexibility index (Phi) is 6.72. The minimum absolute atomic E-state index is 0.00922. The zero-order valence-corrected chi connectivity index (χ0v) is 13.8. The Morgan fingerprint density at radius 3 is 2.12 bits per heavy atom. The van der Waals surface area contributed by atoms with Crippen molar-refractivity contribution in [3.8, 4) is 0 Å². The Morgan fingerprint density at radius 2 is 1.67 bits per heavy atom. The lowest BCUT2D eigenvalue weighted by atomic mass is 10.0. The number of hydroxylamine groups is 1. The maximum atomic E-state index is 11.7. The average Bonchev–Trinajstić information content (AvgIpc) is 2.46. The van der Waals surface area contributed by atoms with Crippen molar-refractivity contribution in [2.24, 2.45) is 0 Å². The van der Waals surface area contributed by atoms with E-state index in [9.17, 15) is 19.5 Å². The van der Waals surface area contributed by atoms with E-state index in [1.807, 2.05) is 0 Å². The molecule has 0 heterocycles. The molecule has 1 unspecified atom stereocenters. The number of carboxylic acid groups (broad SMARTS) is 1. The van der Waals surface area contributed by atoms with E-state index < -0.39 is 29.6 Å². The van der Waals surface area contributed by atoms with Crippen molar-refractivity contribution in [3.63, 3.8) is 0 Å². The normalized spacial score (nSPS) is 12.2. The second kappa shape index (κ2) is 8.30. The van der Waals surface area contributed by atoms with Crippen LogP contribution < -0.4 is 10.8 Å². The van der Waals surface area contributed by atoms with Gasteiger partial charge in [0.05, 0.1) is 6.42 Å². The van der Waals surface area contributed by atoms with Gasteiger partial charge in [-0.2, -0.15) is 0 Å². The number of benzene rings is 1.